The van der Waals surface area contributed by atoms with Gasteiger partial charge in [-0.05, 0) is 80.8 Å². The summed E-state index contributed by atoms with van der Waals surface area (Å²) in [5.74, 6) is -0.377. The Morgan fingerprint density at radius 2 is 1.75 bits per heavy atom. The second kappa shape index (κ2) is 13.0. The van der Waals surface area contributed by atoms with E-state index >= 15 is 0 Å². The van der Waals surface area contributed by atoms with Crippen molar-refractivity contribution in [2.45, 2.75) is 64.5 Å². The first kappa shape index (κ1) is 33.1. The van der Waals surface area contributed by atoms with Crippen LogP contribution in [0.3, 0.4) is 0 Å². The molecule has 2 saturated heterocycles. The first-order valence-corrected chi connectivity index (χ1v) is 15.8. The zero-order valence-electron chi connectivity index (χ0n) is 26.9. The van der Waals surface area contributed by atoms with E-state index in [1.165, 1.54) is 16.8 Å². The number of nitrogens with zero attached hydrogens (tertiary/aromatic N) is 5. The average Bonchev–Trinajstić information content (AvgIpc) is 3.66. The lowest BCUT2D eigenvalue weighted by Gasteiger charge is -2.39. The monoisotopic (exact) mass is 665 g/mol. The van der Waals surface area contributed by atoms with Gasteiger partial charge in [-0.2, -0.15) is 28.2 Å². The SMILES string of the molecule is Cc1ccn(-c2cc(-c3ccc(OC(C)C)cc3)ccc2[C@@H](Oc2cc(N3CCC4(CC3)CN[C@H](C(=O)O)C4)nc(N)n2)C(F)(F)F)n1. The minimum absolute atomic E-state index is 0.000381. The number of hydrogen-bond acceptors (Lipinski definition) is 9. The van der Waals surface area contributed by atoms with E-state index in [9.17, 15) is 23.1 Å². The van der Waals surface area contributed by atoms with Crippen LogP contribution in [0.25, 0.3) is 16.8 Å². The van der Waals surface area contributed by atoms with Crippen LogP contribution in [0.15, 0.2) is 60.8 Å². The normalized spacial score (nSPS) is 18.3. The van der Waals surface area contributed by atoms with E-state index in [1.54, 1.807) is 31.3 Å². The van der Waals surface area contributed by atoms with E-state index in [0.717, 1.165) is 5.56 Å². The Balaban J connectivity index is 1.29. The summed E-state index contributed by atoms with van der Waals surface area (Å²) in [7, 11) is 0. The molecule has 11 nitrogen and oxygen atoms in total. The molecular formula is C34H38F3N7O4. The molecule has 0 bridgehead atoms. The average molecular weight is 666 g/mol. The number of rotatable bonds is 9. The lowest BCUT2D eigenvalue weighted by Crippen LogP contribution is -2.41. The Morgan fingerprint density at radius 1 is 1.04 bits per heavy atom. The molecule has 254 valence electrons. The van der Waals surface area contributed by atoms with E-state index < -0.39 is 24.3 Å². The standard InChI is InChI=1S/C34H38F3N7O4/c1-20(2)47-24-7-4-22(5-8-24)23-6-9-25(27(16-23)44-13-10-21(3)42-44)30(34(35,36)37)48-29-17-28(40-32(38)41-29)43-14-11-33(12-15-43)18-26(31(45)46)39-19-33/h4-10,13,16-17,20,26,30,39H,11-12,14-15,18-19H2,1-3H3,(H,45,46)(H2,38,40,41)/t26-,30+/m0/s1. The first-order chi connectivity index (χ1) is 22.8. The van der Waals surface area contributed by atoms with E-state index in [0.29, 0.717) is 61.7 Å². The molecule has 4 heterocycles. The van der Waals surface area contributed by atoms with Crippen molar-refractivity contribution < 1.29 is 32.5 Å². The number of benzene rings is 2. The van der Waals surface area contributed by atoms with Crippen LogP contribution in [0.1, 0.15) is 50.5 Å². The number of nitrogens with one attached hydrogen (secondary N) is 1. The zero-order chi connectivity index (χ0) is 34.2. The van der Waals surface area contributed by atoms with Gasteiger partial charge in [0.05, 0.1) is 17.5 Å². The van der Waals surface area contributed by atoms with Crippen LogP contribution < -0.4 is 25.4 Å². The van der Waals surface area contributed by atoms with Crippen molar-refractivity contribution in [3.63, 3.8) is 0 Å². The second-order valence-electron chi connectivity index (χ2n) is 12.8. The molecule has 2 fully saturated rings. The number of halogens is 3. The van der Waals surface area contributed by atoms with Gasteiger partial charge in [0, 0.05) is 37.5 Å². The molecule has 0 amide bonds. The molecule has 1 spiro atoms. The van der Waals surface area contributed by atoms with Gasteiger partial charge in [-0.25, -0.2) is 4.68 Å². The molecular weight excluding hydrogens is 627 g/mol. The molecule has 48 heavy (non-hydrogen) atoms. The van der Waals surface area contributed by atoms with Crippen molar-refractivity contribution in [2.24, 2.45) is 5.41 Å². The number of carboxylic acids is 1. The molecule has 0 aliphatic carbocycles. The first-order valence-electron chi connectivity index (χ1n) is 15.8. The number of nitrogen functional groups attached to an aromatic ring is 1. The van der Waals surface area contributed by atoms with Crippen molar-refractivity contribution in [1.29, 1.82) is 0 Å². The summed E-state index contributed by atoms with van der Waals surface area (Å²) in [6.45, 7) is 7.27. The van der Waals surface area contributed by atoms with E-state index in [-0.39, 0.29) is 34.6 Å². The van der Waals surface area contributed by atoms with Crippen LogP contribution in [0.4, 0.5) is 24.9 Å². The fraction of sp³-hybridized carbons (Fsp3) is 0.412. The van der Waals surface area contributed by atoms with E-state index in [1.807, 2.05) is 43.0 Å². The van der Waals surface area contributed by atoms with Crippen LogP contribution in [-0.4, -0.2) is 68.8 Å². The lowest BCUT2D eigenvalue weighted by atomic mass is 9.76. The number of nitrogens with two attached hydrogens (primary N) is 1. The highest BCUT2D eigenvalue weighted by atomic mass is 19.4. The van der Waals surface area contributed by atoms with Gasteiger partial charge in [-0.15, -0.1) is 0 Å². The maximum atomic E-state index is 14.9. The Bertz CT molecular complexity index is 1770. The van der Waals surface area contributed by atoms with Gasteiger partial charge in [-0.3, -0.25) is 4.79 Å². The van der Waals surface area contributed by atoms with Crippen molar-refractivity contribution in [1.82, 2.24) is 25.1 Å². The minimum atomic E-state index is -4.83. The summed E-state index contributed by atoms with van der Waals surface area (Å²) in [5, 5.41) is 16.9. The largest absolute Gasteiger partial charge is 0.491 e. The number of piperidine rings is 1. The number of alkyl halides is 3. The molecule has 14 heteroatoms. The zero-order valence-corrected chi connectivity index (χ0v) is 26.9. The summed E-state index contributed by atoms with van der Waals surface area (Å²) >= 11 is 0. The van der Waals surface area contributed by atoms with Gasteiger partial charge in [0.2, 0.25) is 17.9 Å². The van der Waals surface area contributed by atoms with Gasteiger partial charge in [-0.1, -0.05) is 24.3 Å². The van der Waals surface area contributed by atoms with Crippen LogP contribution in [0, 0.1) is 12.3 Å². The van der Waals surface area contributed by atoms with Crippen molar-refractivity contribution in [2.75, 3.05) is 30.3 Å². The molecule has 6 rings (SSSR count). The Kier molecular flexibility index (Phi) is 8.94. The van der Waals surface area contributed by atoms with Gasteiger partial charge < -0.3 is 30.5 Å². The second-order valence-corrected chi connectivity index (χ2v) is 12.8. The summed E-state index contributed by atoms with van der Waals surface area (Å²) in [5.41, 5.74) is 7.98. The Hall–Kier alpha value is -4.85. The predicted octanol–water partition coefficient (Wildman–Crippen LogP) is 5.72. The quantitative estimate of drug-likeness (QED) is 0.203. The van der Waals surface area contributed by atoms with Gasteiger partial charge in [0.15, 0.2) is 0 Å². The lowest BCUT2D eigenvalue weighted by molar-refractivity contribution is -0.198. The summed E-state index contributed by atoms with van der Waals surface area (Å²) < 4.78 is 57.4. The van der Waals surface area contributed by atoms with Crippen LogP contribution in [0.2, 0.25) is 0 Å². The number of aliphatic carboxylic acids is 1. The summed E-state index contributed by atoms with van der Waals surface area (Å²) in [4.78, 5) is 21.7. The highest BCUT2D eigenvalue weighted by Gasteiger charge is 2.46. The topological polar surface area (TPSA) is 141 Å². The number of carboxylic acid groups (broad SMARTS) is 1. The Morgan fingerprint density at radius 3 is 2.35 bits per heavy atom. The van der Waals surface area contributed by atoms with Gasteiger partial charge >= 0.3 is 12.1 Å². The van der Waals surface area contributed by atoms with Gasteiger partial charge in [0.1, 0.15) is 17.6 Å². The molecule has 0 unspecified atom stereocenters. The van der Waals surface area contributed by atoms with Crippen molar-refractivity contribution >= 4 is 17.7 Å². The molecule has 2 aliphatic rings. The fourth-order valence-electron chi connectivity index (χ4n) is 6.45. The molecule has 2 aromatic heterocycles. The van der Waals surface area contributed by atoms with E-state index in [2.05, 4.69) is 20.4 Å². The number of ether oxygens (including phenoxy) is 2. The molecule has 2 atom stereocenters. The number of aryl methyl sites for hydroxylation is 1. The van der Waals surface area contributed by atoms with Crippen LogP contribution in [-0.2, 0) is 4.79 Å². The number of hydrogen-bond donors (Lipinski definition) is 3. The third kappa shape index (κ3) is 7.18. The predicted molar refractivity (Wildman–Crippen MR) is 173 cm³/mol. The molecule has 4 aromatic rings. The van der Waals surface area contributed by atoms with Crippen molar-refractivity contribution in [3.05, 3.63) is 72.1 Å². The number of carbonyl (C=O) groups is 1. The maximum Gasteiger partial charge on any atom is 0.429 e. The number of aromatic nitrogens is 4. The molecule has 2 aromatic carbocycles. The Labute approximate surface area is 275 Å². The van der Waals surface area contributed by atoms with Gasteiger partial charge in [0.25, 0.3) is 0 Å². The van der Waals surface area contributed by atoms with Crippen molar-refractivity contribution in [3.8, 4) is 28.4 Å². The highest BCUT2D eigenvalue weighted by Crippen LogP contribution is 2.43. The molecule has 0 radical (unpaired) electrons. The van der Waals surface area contributed by atoms with Crippen LogP contribution in [0.5, 0.6) is 11.6 Å². The summed E-state index contributed by atoms with van der Waals surface area (Å²) in [6.07, 6.45) is -3.71. The molecule has 0 saturated carbocycles. The summed E-state index contributed by atoms with van der Waals surface area (Å²) in [6, 6.07) is 14.5. The maximum absolute atomic E-state index is 14.9. The molecule has 4 N–H and O–H groups in total. The molecule has 2 aliphatic heterocycles. The third-order valence-corrected chi connectivity index (χ3v) is 8.89. The highest BCUT2D eigenvalue weighted by molar-refractivity contribution is 5.74. The van der Waals surface area contributed by atoms with E-state index in [4.69, 9.17) is 15.2 Å². The smallest absolute Gasteiger partial charge is 0.429 e. The van der Waals surface area contributed by atoms with Crippen LogP contribution >= 0.6 is 0 Å². The fourth-order valence-corrected chi connectivity index (χ4v) is 6.45. The third-order valence-electron chi connectivity index (χ3n) is 8.89. The minimum Gasteiger partial charge on any atom is -0.491 e. The number of anilines is 2.